The fraction of sp³-hybridized carbons (Fsp3) is 0.143. The van der Waals surface area contributed by atoms with Gasteiger partial charge in [-0.05, 0) is 37.1 Å². The molecule has 0 saturated heterocycles. The summed E-state index contributed by atoms with van der Waals surface area (Å²) in [6, 6.07) is 6.13. The first-order valence-corrected chi connectivity index (χ1v) is 6.50. The van der Waals surface area contributed by atoms with Crippen LogP contribution in [0.3, 0.4) is 0 Å². The van der Waals surface area contributed by atoms with Crippen molar-refractivity contribution in [3.05, 3.63) is 47.0 Å². The molecule has 0 atom stereocenters. The third-order valence-corrected chi connectivity index (χ3v) is 3.11. The number of hydrogen-bond acceptors (Lipinski definition) is 5. The molecule has 1 aromatic carbocycles. The molecule has 0 radical (unpaired) electrons. The molecular formula is C14H12ClN5. The second-order valence-corrected chi connectivity index (χ2v) is 4.85. The number of nitrogens with one attached hydrogen (secondary N) is 1. The first kappa shape index (κ1) is 12.7. The maximum absolute atomic E-state index is 5.93. The Morgan fingerprint density at radius 2 is 1.85 bits per heavy atom. The van der Waals surface area contributed by atoms with Gasteiger partial charge in [0.2, 0.25) is 5.28 Å². The summed E-state index contributed by atoms with van der Waals surface area (Å²) in [4.78, 5) is 16.7. The molecule has 0 fully saturated rings. The zero-order valence-corrected chi connectivity index (χ0v) is 11.8. The minimum atomic E-state index is 0.144. The van der Waals surface area contributed by atoms with Crippen LogP contribution >= 0.6 is 11.6 Å². The third-order valence-electron chi connectivity index (χ3n) is 2.94. The maximum atomic E-state index is 5.93. The molecule has 20 heavy (non-hydrogen) atoms. The molecule has 6 heteroatoms. The molecule has 0 bridgehead atoms. The predicted molar refractivity (Wildman–Crippen MR) is 79.3 cm³/mol. The number of benzene rings is 1. The first-order chi connectivity index (χ1) is 9.63. The van der Waals surface area contributed by atoms with Crippen LogP contribution < -0.4 is 5.32 Å². The van der Waals surface area contributed by atoms with Crippen molar-refractivity contribution in [1.29, 1.82) is 0 Å². The lowest BCUT2D eigenvalue weighted by atomic mass is 10.1. The van der Waals surface area contributed by atoms with Crippen LogP contribution in [0.25, 0.3) is 11.2 Å². The van der Waals surface area contributed by atoms with Crippen molar-refractivity contribution in [2.24, 2.45) is 0 Å². The molecule has 3 rings (SSSR count). The molecule has 0 aliphatic carbocycles. The van der Waals surface area contributed by atoms with Crippen molar-refractivity contribution in [2.45, 2.75) is 13.8 Å². The minimum Gasteiger partial charge on any atom is -0.338 e. The summed E-state index contributed by atoms with van der Waals surface area (Å²) in [5.74, 6) is 0.556. The van der Waals surface area contributed by atoms with Crippen LogP contribution in [0.1, 0.15) is 11.1 Å². The average Bonchev–Trinajstić information content (AvgIpc) is 2.41. The van der Waals surface area contributed by atoms with E-state index in [1.54, 1.807) is 12.4 Å². The maximum Gasteiger partial charge on any atom is 0.226 e. The highest BCUT2D eigenvalue weighted by molar-refractivity contribution is 6.28. The highest BCUT2D eigenvalue weighted by Gasteiger charge is 2.10. The summed E-state index contributed by atoms with van der Waals surface area (Å²) in [6.07, 6.45) is 3.18. The van der Waals surface area contributed by atoms with Gasteiger partial charge in [0.15, 0.2) is 17.0 Å². The van der Waals surface area contributed by atoms with E-state index in [-0.39, 0.29) is 5.28 Å². The molecule has 0 aliphatic rings. The predicted octanol–water partition coefficient (Wildman–Crippen LogP) is 3.43. The van der Waals surface area contributed by atoms with Gasteiger partial charge < -0.3 is 5.32 Å². The number of rotatable bonds is 2. The number of aromatic nitrogens is 4. The van der Waals surface area contributed by atoms with Crippen LogP contribution in [0.5, 0.6) is 0 Å². The quantitative estimate of drug-likeness (QED) is 0.731. The second-order valence-electron chi connectivity index (χ2n) is 4.51. The summed E-state index contributed by atoms with van der Waals surface area (Å²) in [5.41, 5.74) is 4.35. The second kappa shape index (κ2) is 5.02. The normalized spacial score (nSPS) is 10.8. The molecule has 0 spiro atoms. The van der Waals surface area contributed by atoms with E-state index in [0.717, 1.165) is 11.3 Å². The van der Waals surface area contributed by atoms with Crippen LogP contribution in [-0.4, -0.2) is 19.9 Å². The highest BCUT2D eigenvalue weighted by Crippen LogP contribution is 2.24. The smallest absolute Gasteiger partial charge is 0.226 e. The van der Waals surface area contributed by atoms with Crippen molar-refractivity contribution >= 4 is 34.3 Å². The lowest BCUT2D eigenvalue weighted by molar-refractivity contribution is 1.14. The Hall–Kier alpha value is -2.27. The monoisotopic (exact) mass is 285 g/mol. The number of anilines is 2. The van der Waals surface area contributed by atoms with Crippen LogP contribution in [0, 0.1) is 13.8 Å². The van der Waals surface area contributed by atoms with Crippen LogP contribution in [0.15, 0.2) is 30.6 Å². The third kappa shape index (κ3) is 2.40. The molecule has 0 unspecified atom stereocenters. The van der Waals surface area contributed by atoms with E-state index >= 15 is 0 Å². The van der Waals surface area contributed by atoms with Gasteiger partial charge in [0, 0.05) is 18.1 Å². The van der Waals surface area contributed by atoms with Crippen LogP contribution in [0.4, 0.5) is 11.5 Å². The average molecular weight is 286 g/mol. The Morgan fingerprint density at radius 3 is 2.65 bits per heavy atom. The van der Waals surface area contributed by atoms with Crippen molar-refractivity contribution in [3.8, 4) is 0 Å². The van der Waals surface area contributed by atoms with E-state index < -0.39 is 0 Å². The zero-order chi connectivity index (χ0) is 14.1. The van der Waals surface area contributed by atoms with Gasteiger partial charge in [-0.15, -0.1) is 0 Å². The minimum absolute atomic E-state index is 0.144. The first-order valence-electron chi connectivity index (χ1n) is 6.12. The van der Waals surface area contributed by atoms with Crippen molar-refractivity contribution in [2.75, 3.05) is 5.32 Å². The molecule has 5 nitrogen and oxygen atoms in total. The van der Waals surface area contributed by atoms with E-state index in [9.17, 15) is 0 Å². The molecule has 1 N–H and O–H groups in total. The van der Waals surface area contributed by atoms with Gasteiger partial charge in [-0.2, -0.15) is 9.97 Å². The molecule has 0 saturated carbocycles. The van der Waals surface area contributed by atoms with Crippen LogP contribution in [0.2, 0.25) is 5.28 Å². The molecule has 0 amide bonds. The van der Waals surface area contributed by atoms with E-state index in [1.165, 1.54) is 5.56 Å². The van der Waals surface area contributed by atoms with E-state index in [1.807, 2.05) is 19.1 Å². The summed E-state index contributed by atoms with van der Waals surface area (Å²) in [5, 5.41) is 3.39. The van der Waals surface area contributed by atoms with Crippen LogP contribution in [-0.2, 0) is 0 Å². The largest absolute Gasteiger partial charge is 0.338 e. The topological polar surface area (TPSA) is 63.6 Å². The summed E-state index contributed by atoms with van der Waals surface area (Å²) in [7, 11) is 0. The van der Waals surface area contributed by atoms with Gasteiger partial charge in [0.05, 0.1) is 0 Å². The Bertz CT molecular complexity index is 788. The lowest BCUT2D eigenvalue weighted by Crippen LogP contribution is -2.01. The standard InChI is InChI=1S/C14H12ClN5/c1-8-3-4-10(9(2)7-8)18-13-11-12(17-6-5-16-11)19-14(15)20-13/h3-7H,1-2H3,(H,17,18,19,20). The molecule has 3 aromatic rings. The molecule has 2 aromatic heterocycles. The van der Waals surface area contributed by atoms with Crippen molar-refractivity contribution in [3.63, 3.8) is 0 Å². The van der Waals surface area contributed by atoms with Gasteiger partial charge in [-0.3, -0.25) is 0 Å². The Balaban J connectivity index is 2.10. The fourth-order valence-electron chi connectivity index (χ4n) is 2.01. The van der Waals surface area contributed by atoms with Gasteiger partial charge in [-0.25, -0.2) is 9.97 Å². The number of aryl methyl sites for hydroxylation is 2. The highest BCUT2D eigenvalue weighted by atomic mass is 35.5. The molecule has 0 aliphatic heterocycles. The zero-order valence-electron chi connectivity index (χ0n) is 11.1. The van der Waals surface area contributed by atoms with Crippen molar-refractivity contribution < 1.29 is 0 Å². The lowest BCUT2D eigenvalue weighted by Gasteiger charge is -2.10. The molecular weight excluding hydrogens is 274 g/mol. The van der Waals surface area contributed by atoms with Crippen molar-refractivity contribution in [1.82, 2.24) is 19.9 Å². The number of fused-ring (bicyclic) bond motifs is 1. The number of hydrogen-bond donors (Lipinski definition) is 1. The Morgan fingerprint density at radius 1 is 1.05 bits per heavy atom. The molecule has 100 valence electrons. The van der Waals surface area contributed by atoms with Gasteiger partial charge in [-0.1, -0.05) is 17.7 Å². The molecule has 2 heterocycles. The van der Waals surface area contributed by atoms with Gasteiger partial charge in [0.1, 0.15) is 0 Å². The van der Waals surface area contributed by atoms with E-state index in [2.05, 4.69) is 38.2 Å². The Kier molecular flexibility index (Phi) is 3.20. The Labute approximate surface area is 121 Å². The summed E-state index contributed by atoms with van der Waals surface area (Å²) in [6.45, 7) is 4.09. The fourth-order valence-corrected chi connectivity index (χ4v) is 2.17. The van der Waals surface area contributed by atoms with Gasteiger partial charge >= 0.3 is 0 Å². The van der Waals surface area contributed by atoms with E-state index in [0.29, 0.717) is 17.0 Å². The number of nitrogens with zero attached hydrogens (tertiary/aromatic N) is 4. The van der Waals surface area contributed by atoms with E-state index in [4.69, 9.17) is 11.6 Å². The SMILES string of the molecule is Cc1ccc(Nc2nc(Cl)nc3nccnc23)c(C)c1. The summed E-state index contributed by atoms with van der Waals surface area (Å²) < 4.78 is 0. The van der Waals surface area contributed by atoms with Gasteiger partial charge in [0.25, 0.3) is 0 Å². The summed E-state index contributed by atoms with van der Waals surface area (Å²) >= 11 is 5.93. The number of halogens is 1.